The van der Waals surface area contributed by atoms with E-state index < -0.39 is 0 Å². The maximum absolute atomic E-state index is 8.86. The third-order valence-electron chi connectivity index (χ3n) is 2.75. The molecule has 0 aliphatic carbocycles. The molecule has 92 valence electrons. The van der Waals surface area contributed by atoms with E-state index in [0.29, 0.717) is 6.04 Å². The minimum Gasteiger partial charge on any atom is -0.383 e. The van der Waals surface area contributed by atoms with Gasteiger partial charge in [-0.05, 0) is 31.5 Å². The van der Waals surface area contributed by atoms with Crippen LogP contribution in [-0.4, -0.2) is 31.2 Å². The highest BCUT2D eigenvalue weighted by Crippen LogP contribution is 2.10. The first kappa shape index (κ1) is 13.7. The lowest BCUT2D eigenvalue weighted by atomic mass is 10.1. The van der Waals surface area contributed by atoms with Gasteiger partial charge in [-0.3, -0.25) is 4.90 Å². The van der Waals surface area contributed by atoms with Crippen LogP contribution in [0.5, 0.6) is 0 Å². The molecule has 1 aromatic rings. The number of hydrogen-bond acceptors (Lipinski definition) is 3. The summed E-state index contributed by atoms with van der Waals surface area (Å²) in [4.78, 5) is 2.33. The topological polar surface area (TPSA) is 36.3 Å². The number of hydrogen-bond donors (Lipinski definition) is 0. The minimum absolute atomic E-state index is 0.468. The third kappa shape index (κ3) is 4.56. The molecule has 0 fully saturated rings. The van der Waals surface area contributed by atoms with E-state index in [9.17, 15) is 0 Å². The number of benzene rings is 1. The summed E-state index contributed by atoms with van der Waals surface area (Å²) in [5.41, 5.74) is 1.90. The van der Waals surface area contributed by atoms with Gasteiger partial charge in [0, 0.05) is 26.2 Å². The molecule has 0 aromatic heterocycles. The first-order chi connectivity index (χ1) is 8.17. The van der Waals surface area contributed by atoms with E-state index in [4.69, 9.17) is 10.00 Å². The highest BCUT2D eigenvalue weighted by atomic mass is 16.5. The van der Waals surface area contributed by atoms with E-state index in [1.54, 1.807) is 7.11 Å². The zero-order chi connectivity index (χ0) is 12.7. The Balaban J connectivity index is 2.68. The van der Waals surface area contributed by atoms with E-state index in [1.165, 1.54) is 5.56 Å². The summed E-state index contributed by atoms with van der Waals surface area (Å²) >= 11 is 0. The Morgan fingerprint density at radius 3 is 2.76 bits per heavy atom. The van der Waals surface area contributed by atoms with Gasteiger partial charge in [0.05, 0.1) is 18.2 Å². The van der Waals surface area contributed by atoms with E-state index in [0.717, 1.165) is 25.3 Å². The van der Waals surface area contributed by atoms with Crippen LogP contribution < -0.4 is 0 Å². The maximum Gasteiger partial charge on any atom is 0.0991 e. The second-order valence-corrected chi connectivity index (χ2v) is 4.37. The van der Waals surface area contributed by atoms with Crippen molar-refractivity contribution in [3.05, 3.63) is 35.4 Å². The maximum atomic E-state index is 8.86. The van der Waals surface area contributed by atoms with Crippen molar-refractivity contribution < 1.29 is 4.74 Å². The lowest BCUT2D eigenvalue weighted by molar-refractivity contribution is 0.125. The van der Waals surface area contributed by atoms with Crippen LogP contribution in [0.3, 0.4) is 0 Å². The van der Waals surface area contributed by atoms with Gasteiger partial charge in [0.15, 0.2) is 0 Å². The molecule has 0 radical (unpaired) electrons. The molecule has 0 aliphatic heterocycles. The zero-order valence-electron chi connectivity index (χ0n) is 10.8. The Kier molecular flexibility index (Phi) is 5.68. The van der Waals surface area contributed by atoms with Crippen LogP contribution in [0.2, 0.25) is 0 Å². The first-order valence-corrected chi connectivity index (χ1v) is 5.89. The predicted molar refractivity (Wildman–Crippen MR) is 68.6 cm³/mol. The average molecular weight is 232 g/mol. The molecule has 0 heterocycles. The SMILES string of the molecule is COCCN(Cc1cccc(C#N)c1)C(C)C. The summed E-state index contributed by atoms with van der Waals surface area (Å²) in [6.45, 7) is 6.84. The largest absolute Gasteiger partial charge is 0.383 e. The number of rotatable bonds is 6. The van der Waals surface area contributed by atoms with Crippen molar-refractivity contribution in [1.82, 2.24) is 4.90 Å². The van der Waals surface area contributed by atoms with Crippen molar-refractivity contribution in [2.75, 3.05) is 20.3 Å². The van der Waals surface area contributed by atoms with E-state index in [-0.39, 0.29) is 0 Å². The molecule has 1 rings (SSSR count). The fraction of sp³-hybridized carbons (Fsp3) is 0.500. The summed E-state index contributed by atoms with van der Waals surface area (Å²) in [5.74, 6) is 0. The molecule has 0 amide bonds. The molecule has 0 saturated carbocycles. The molecule has 3 nitrogen and oxygen atoms in total. The Morgan fingerprint density at radius 2 is 2.18 bits per heavy atom. The van der Waals surface area contributed by atoms with Crippen LogP contribution >= 0.6 is 0 Å². The number of nitrogens with zero attached hydrogens (tertiary/aromatic N) is 2. The van der Waals surface area contributed by atoms with Gasteiger partial charge in [0.1, 0.15) is 0 Å². The molecule has 0 saturated heterocycles. The van der Waals surface area contributed by atoms with Crippen molar-refractivity contribution in [3.8, 4) is 6.07 Å². The van der Waals surface area contributed by atoms with E-state index in [1.807, 2.05) is 18.2 Å². The van der Waals surface area contributed by atoms with Crippen molar-refractivity contribution in [3.63, 3.8) is 0 Å². The summed E-state index contributed by atoms with van der Waals surface area (Å²) in [5, 5.41) is 8.86. The van der Waals surface area contributed by atoms with Crippen LogP contribution in [0.1, 0.15) is 25.0 Å². The van der Waals surface area contributed by atoms with Crippen molar-refractivity contribution >= 4 is 0 Å². The summed E-state index contributed by atoms with van der Waals surface area (Å²) in [7, 11) is 1.72. The predicted octanol–water partition coefficient (Wildman–Crippen LogP) is 2.42. The molecular weight excluding hydrogens is 212 g/mol. The summed E-state index contributed by atoms with van der Waals surface area (Å²) in [6.07, 6.45) is 0. The van der Waals surface area contributed by atoms with Crippen molar-refractivity contribution in [1.29, 1.82) is 5.26 Å². The van der Waals surface area contributed by atoms with E-state index >= 15 is 0 Å². The van der Waals surface area contributed by atoms with Gasteiger partial charge < -0.3 is 4.74 Å². The lowest BCUT2D eigenvalue weighted by Crippen LogP contribution is -2.33. The molecule has 17 heavy (non-hydrogen) atoms. The standard InChI is InChI=1S/C14H20N2O/c1-12(2)16(7-8-17-3)11-14-6-4-5-13(9-14)10-15/h4-6,9,12H,7-8,11H2,1-3H3. The minimum atomic E-state index is 0.468. The highest BCUT2D eigenvalue weighted by molar-refractivity contribution is 5.32. The summed E-state index contributed by atoms with van der Waals surface area (Å²) < 4.78 is 5.11. The smallest absolute Gasteiger partial charge is 0.0991 e. The molecular formula is C14H20N2O. The number of methoxy groups -OCH3 is 1. The quantitative estimate of drug-likeness (QED) is 0.755. The first-order valence-electron chi connectivity index (χ1n) is 5.89. The van der Waals surface area contributed by atoms with Gasteiger partial charge in [0.2, 0.25) is 0 Å². The highest BCUT2D eigenvalue weighted by Gasteiger charge is 2.09. The van der Waals surface area contributed by atoms with Crippen LogP contribution in [-0.2, 0) is 11.3 Å². The Hall–Kier alpha value is -1.37. The van der Waals surface area contributed by atoms with Crippen LogP contribution in [0.25, 0.3) is 0 Å². The molecule has 0 N–H and O–H groups in total. The molecule has 0 aliphatic rings. The molecule has 1 aromatic carbocycles. The van der Waals surface area contributed by atoms with Crippen molar-refractivity contribution in [2.24, 2.45) is 0 Å². The normalized spacial score (nSPS) is 10.8. The molecule has 0 atom stereocenters. The fourth-order valence-corrected chi connectivity index (χ4v) is 1.70. The fourth-order valence-electron chi connectivity index (χ4n) is 1.70. The Bertz CT molecular complexity index is 382. The van der Waals surface area contributed by atoms with Crippen LogP contribution in [0.15, 0.2) is 24.3 Å². The van der Waals surface area contributed by atoms with Gasteiger partial charge in [0.25, 0.3) is 0 Å². The monoisotopic (exact) mass is 232 g/mol. The molecule has 0 spiro atoms. The lowest BCUT2D eigenvalue weighted by Gasteiger charge is -2.26. The molecule has 3 heteroatoms. The second-order valence-electron chi connectivity index (χ2n) is 4.37. The third-order valence-corrected chi connectivity index (χ3v) is 2.75. The number of ether oxygens (including phenoxy) is 1. The zero-order valence-corrected chi connectivity index (χ0v) is 10.8. The second kappa shape index (κ2) is 7.05. The Morgan fingerprint density at radius 1 is 1.41 bits per heavy atom. The van der Waals surface area contributed by atoms with Crippen molar-refractivity contribution in [2.45, 2.75) is 26.4 Å². The molecule has 0 unspecified atom stereocenters. The van der Waals surface area contributed by atoms with E-state index in [2.05, 4.69) is 30.9 Å². The average Bonchev–Trinajstić information content (AvgIpc) is 2.34. The van der Waals surface area contributed by atoms with Crippen LogP contribution in [0, 0.1) is 11.3 Å². The van der Waals surface area contributed by atoms with Gasteiger partial charge >= 0.3 is 0 Å². The summed E-state index contributed by atoms with van der Waals surface area (Å²) in [6, 6.07) is 10.4. The Labute approximate surface area is 104 Å². The van der Waals surface area contributed by atoms with Crippen LogP contribution in [0.4, 0.5) is 0 Å². The van der Waals surface area contributed by atoms with Gasteiger partial charge in [-0.2, -0.15) is 5.26 Å². The van der Waals surface area contributed by atoms with Gasteiger partial charge in [-0.1, -0.05) is 12.1 Å². The van der Waals surface area contributed by atoms with Gasteiger partial charge in [-0.25, -0.2) is 0 Å². The van der Waals surface area contributed by atoms with Gasteiger partial charge in [-0.15, -0.1) is 0 Å². The molecule has 0 bridgehead atoms. The number of nitriles is 1.